The fraction of sp³-hybridized carbons (Fsp3) is 0.500. The molecular weight excluding hydrogens is 168 g/mol. The highest BCUT2D eigenvalue weighted by Gasteiger charge is 2.61. The summed E-state index contributed by atoms with van der Waals surface area (Å²) in [5.74, 6) is 2.19. The highest BCUT2D eigenvalue weighted by Crippen LogP contribution is 2.62. The molecule has 2 unspecified atom stereocenters. The first-order valence-corrected chi connectivity index (χ1v) is 4.44. The second-order valence-electron chi connectivity index (χ2n) is 3.82. The summed E-state index contributed by atoms with van der Waals surface area (Å²) in [5.41, 5.74) is -0.244. The van der Waals surface area contributed by atoms with Crippen molar-refractivity contribution in [3.63, 3.8) is 0 Å². The first-order chi connectivity index (χ1) is 6.24. The van der Waals surface area contributed by atoms with E-state index < -0.39 is 0 Å². The minimum atomic E-state index is -0.244. The summed E-state index contributed by atoms with van der Waals surface area (Å²) in [6.45, 7) is 1.95. The summed E-state index contributed by atoms with van der Waals surface area (Å²) in [7, 11) is 0. The molecule has 1 heterocycles. The van der Waals surface area contributed by atoms with E-state index in [0.29, 0.717) is 6.79 Å². The quantitative estimate of drug-likeness (QED) is 0.608. The average Bonchev–Trinajstić information content (AvgIpc) is 2.69. The Kier molecular flexibility index (Phi) is 1.09. The van der Waals surface area contributed by atoms with Gasteiger partial charge in [-0.3, -0.25) is 4.79 Å². The van der Waals surface area contributed by atoms with E-state index in [4.69, 9.17) is 9.47 Å². The summed E-state index contributed by atoms with van der Waals surface area (Å²) in [6.07, 6.45) is 4.72. The van der Waals surface area contributed by atoms with Gasteiger partial charge in [0.25, 0.3) is 0 Å². The van der Waals surface area contributed by atoms with Gasteiger partial charge in [0.05, 0.1) is 5.41 Å². The molecule has 0 radical (unpaired) electrons. The van der Waals surface area contributed by atoms with Gasteiger partial charge < -0.3 is 9.47 Å². The van der Waals surface area contributed by atoms with Crippen molar-refractivity contribution in [2.45, 2.75) is 13.3 Å². The lowest BCUT2D eigenvalue weighted by atomic mass is 9.94. The van der Waals surface area contributed by atoms with Crippen molar-refractivity contribution in [1.82, 2.24) is 0 Å². The topological polar surface area (TPSA) is 35.5 Å². The lowest BCUT2D eigenvalue weighted by molar-refractivity contribution is -0.120. The third kappa shape index (κ3) is 0.723. The predicted octanol–water partition coefficient (Wildman–Crippen LogP) is 1.37. The molecule has 1 saturated carbocycles. The zero-order valence-corrected chi connectivity index (χ0v) is 7.37. The van der Waals surface area contributed by atoms with Crippen molar-refractivity contribution in [2.24, 2.45) is 11.3 Å². The van der Waals surface area contributed by atoms with Gasteiger partial charge in [-0.2, -0.15) is 0 Å². The Labute approximate surface area is 76.0 Å². The maximum absolute atomic E-state index is 11.4. The molecule has 3 aliphatic rings. The molecular formula is C10H10O3. The third-order valence-electron chi connectivity index (χ3n) is 3.18. The van der Waals surface area contributed by atoms with Crippen LogP contribution in [-0.4, -0.2) is 12.6 Å². The van der Waals surface area contributed by atoms with Gasteiger partial charge in [0, 0.05) is 5.92 Å². The molecule has 13 heavy (non-hydrogen) atoms. The Hall–Kier alpha value is -1.25. The highest BCUT2D eigenvalue weighted by molar-refractivity contribution is 5.89. The first kappa shape index (κ1) is 7.18. The third-order valence-corrected chi connectivity index (χ3v) is 3.18. The fourth-order valence-corrected chi connectivity index (χ4v) is 2.22. The number of hydrogen-bond donors (Lipinski definition) is 0. The number of ether oxygens (including phenoxy) is 2. The van der Waals surface area contributed by atoms with E-state index in [-0.39, 0.29) is 17.1 Å². The van der Waals surface area contributed by atoms with Crippen LogP contribution in [0.5, 0.6) is 0 Å². The molecule has 68 valence electrons. The zero-order valence-electron chi connectivity index (χ0n) is 7.37. The van der Waals surface area contributed by atoms with Crippen molar-refractivity contribution in [3.8, 4) is 0 Å². The first-order valence-electron chi connectivity index (χ1n) is 4.44. The standard InChI is InChI=1S/C10H10O3/c1-6(11)10-3-2-8-9(7(10)4-10)13-5-12-8/h2-3,7H,4-5H2,1H3. The molecule has 0 spiro atoms. The summed E-state index contributed by atoms with van der Waals surface area (Å²) in [5, 5.41) is 0. The molecule has 0 aromatic rings. The fourth-order valence-electron chi connectivity index (χ4n) is 2.22. The van der Waals surface area contributed by atoms with Crippen molar-refractivity contribution in [1.29, 1.82) is 0 Å². The summed E-state index contributed by atoms with van der Waals surface area (Å²) < 4.78 is 10.6. The van der Waals surface area contributed by atoms with Crippen LogP contribution in [0, 0.1) is 11.3 Å². The van der Waals surface area contributed by atoms with Crippen LogP contribution in [0.1, 0.15) is 13.3 Å². The van der Waals surface area contributed by atoms with Gasteiger partial charge in [-0.25, -0.2) is 0 Å². The van der Waals surface area contributed by atoms with Crippen molar-refractivity contribution < 1.29 is 14.3 Å². The minimum Gasteiger partial charge on any atom is -0.458 e. The maximum atomic E-state index is 11.4. The van der Waals surface area contributed by atoms with Crippen LogP contribution < -0.4 is 0 Å². The van der Waals surface area contributed by atoms with Crippen LogP contribution >= 0.6 is 0 Å². The lowest BCUT2D eigenvalue weighted by Crippen LogP contribution is -2.15. The molecule has 0 amide bonds. The Bertz CT molecular complexity index is 353. The van der Waals surface area contributed by atoms with E-state index in [0.717, 1.165) is 17.9 Å². The van der Waals surface area contributed by atoms with Gasteiger partial charge in [0.2, 0.25) is 6.79 Å². The Morgan fingerprint density at radius 1 is 1.62 bits per heavy atom. The van der Waals surface area contributed by atoms with E-state index in [1.807, 2.05) is 12.2 Å². The smallest absolute Gasteiger partial charge is 0.230 e. The van der Waals surface area contributed by atoms with Crippen LogP contribution in [0.3, 0.4) is 0 Å². The van der Waals surface area contributed by atoms with E-state index in [1.165, 1.54) is 0 Å². The minimum absolute atomic E-state index is 0.232. The molecule has 0 aromatic heterocycles. The molecule has 3 nitrogen and oxygen atoms in total. The van der Waals surface area contributed by atoms with Gasteiger partial charge in [-0.05, 0) is 19.4 Å². The normalized spacial score (nSPS) is 39.0. The van der Waals surface area contributed by atoms with E-state index in [1.54, 1.807) is 6.92 Å². The number of carbonyl (C=O) groups is 1. The van der Waals surface area contributed by atoms with Gasteiger partial charge >= 0.3 is 0 Å². The van der Waals surface area contributed by atoms with Crippen LogP contribution in [-0.2, 0) is 14.3 Å². The molecule has 3 rings (SSSR count). The Morgan fingerprint density at radius 2 is 2.46 bits per heavy atom. The van der Waals surface area contributed by atoms with Crippen molar-refractivity contribution in [2.75, 3.05) is 6.79 Å². The number of Topliss-reactive ketones (excluding diaryl/α,β-unsaturated/α-hetero) is 1. The summed E-state index contributed by atoms with van der Waals surface area (Å²) in [6, 6.07) is 0. The van der Waals surface area contributed by atoms with Gasteiger partial charge in [0.15, 0.2) is 5.76 Å². The average molecular weight is 178 g/mol. The molecule has 2 atom stereocenters. The van der Waals surface area contributed by atoms with Crippen molar-refractivity contribution in [3.05, 3.63) is 23.7 Å². The molecule has 2 aliphatic carbocycles. The largest absolute Gasteiger partial charge is 0.458 e. The van der Waals surface area contributed by atoms with Crippen LogP contribution in [0.15, 0.2) is 23.7 Å². The SMILES string of the molecule is CC(=O)C12C=CC3=C(OCO3)C1C2. The molecule has 0 N–H and O–H groups in total. The number of allylic oxidation sites excluding steroid dienone is 3. The maximum Gasteiger partial charge on any atom is 0.230 e. The van der Waals surface area contributed by atoms with Gasteiger partial charge in [0.1, 0.15) is 11.5 Å². The molecule has 0 bridgehead atoms. The zero-order chi connectivity index (χ0) is 9.05. The van der Waals surface area contributed by atoms with E-state index >= 15 is 0 Å². The second kappa shape index (κ2) is 1.97. The predicted molar refractivity (Wildman–Crippen MR) is 44.4 cm³/mol. The van der Waals surface area contributed by atoms with Crippen LogP contribution in [0.2, 0.25) is 0 Å². The monoisotopic (exact) mass is 178 g/mol. The number of fused-ring (bicyclic) bond motifs is 2. The molecule has 0 saturated heterocycles. The summed E-state index contributed by atoms with van der Waals surface area (Å²) >= 11 is 0. The highest BCUT2D eigenvalue weighted by atomic mass is 16.7. The Morgan fingerprint density at radius 3 is 3.23 bits per heavy atom. The molecule has 1 fully saturated rings. The van der Waals surface area contributed by atoms with Gasteiger partial charge in [-0.15, -0.1) is 0 Å². The lowest BCUT2D eigenvalue weighted by Gasteiger charge is -2.12. The molecule has 0 aromatic carbocycles. The van der Waals surface area contributed by atoms with Gasteiger partial charge in [-0.1, -0.05) is 6.08 Å². The van der Waals surface area contributed by atoms with Crippen LogP contribution in [0.25, 0.3) is 0 Å². The number of rotatable bonds is 1. The number of ketones is 1. The number of hydrogen-bond acceptors (Lipinski definition) is 3. The second-order valence-corrected chi connectivity index (χ2v) is 3.82. The van der Waals surface area contributed by atoms with E-state index in [2.05, 4.69) is 0 Å². The van der Waals surface area contributed by atoms with E-state index in [9.17, 15) is 4.79 Å². The summed E-state index contributed by atoms with van der Waals surface area (Å²) in [4.78, 5) is 11.4. The number of carbonyl (C=O) groups excluding carboxylic acids is 1. The molecule has 1 aliphatic heterocycles. The Balaban J connectivity index is 2.01. The van der Waals surface area contributed by atoms with Crippen molar-refractivity contribution >= 4 is 5.78 Å². The molecule has 3 heteroatoms. The van der Waals surface area contributed by atoms with Crippen LogP contribution in [0.4, 0.5) is 0 Å².